The number of nitrogens with zero attached hydrogens (tertiary/aromatic N) is 2. The summed E-state index contributed by atoms with van der Waals surface area (Å²) in [5.41, 5.74) is 3.72. The lowest BCUT2D eigenvalue weighted by Gasteiger charge is -2.10. The van der Waals surface area contributed by atoms with Crippen LogP contribution in [0.25, 0.3) is 0 Å². The van der Waals surface area contributed by atoms with E-state index in [1.807, 2.05) is 55.5 Å². The molecule has 0 atom stereocenters. The fraction of sp³-hybridized carbons (Fsp3) is 0.190. The van der Waals surface area contributed by atoms with E-state index in [4.69, 9.17) is 4.74 Å². The van der Waals surface area contributed by atoms with Crippen LogP contribution in [-0.2, 0) is 6.42 Å². The van der Waals surface area contributed by atoms with Crippen LogP contribution >= 0.6 is 0 Å². The lowest BCUT2D eigenvalue weighted by Crippen LogP contribution is -2.15. The van der Waals surface area contributed by atoms with Gasteiger partial charge in [0.2, 0.25) is 5.95 Å². The first-order valence-corrected chi connectivity index (χ1v) is 8.74. The van der Waals surface area contributed by atoms with Gasteiger partial charge in [-0.15, -0.1) is 0 Å². The molecule has 0 radical (unpaired) electrons. The van der Waals surface area contributed by atoms with Gasteiger partial charge in [-0.25, -0.2) is 9.97 Å². The van der Waals surface area contributed by atoms with Crippen LogP contribution in [0.2, 0.25) is 0 Å². The molecule has 0 aliphatic rings. The van der Waals surface area contributed by atoms with Crippen LogP contribution in [0.1, 0.15) is 28.7 Å². The average molecular weight is 362 g/mol. The number of ether oxygens (including phenoxy) is 1. The van der Waals surface area contributed by atoms with Gasteiger partial charge in [0.05, 0.1) is 7.11 Å². The van der Waals surface area contributed by atoms with Crippen molar-refractivity contribution >= 4 is 23.2 Å². The number of carbonyl (C=O) groups is 1. The minimum atomic E-state index is -0.279. The topological polar surface area (TPSA) is 76.1 Å². The Morgan fingerprint density at radius 2 is 1.81 bits per heavy atom. The number of carbonyl (C=O) groups excluding carboxylic acids is 1. The van der Waals surface area contributed by atoms with Crippen molar-refractivity contribution in [1.29, 1.82) is 0 Å². The van der Waals surface area contributed by atoms with Crippen LogP contribution in [0.5, 0.6) is 5.75 Å². The van der Waals surface area contributed by atoms with E-state index >= 15 is 0 Å². The summed E-state index contributed by atoms with van der Waals surface area (Å²) >= 11 is 0. The number of hydrogen-bond acceptors (Lipinski definition) is 5. The largest absolute Gasteiger partial charge is 0.497 e. The van der Waals surface area contributed by atoms with Gasteiger partial charge >= 0.3 is 0 Å². The highest BCUT2D eigenvalue weighted by atomic mass is 16.5. The SMILES string of the molecule is CCc1ccc(NC(=O)c2cc(C)nc(Nc3cccc(OC)c3)n2)cc1. The molecule has 2 N–H and O–H groups in total. The fourth-order valence-electron chi connectivity index (χ4n) is 2.59. The lowest BCUT2D eigenvalue weighted by atomic mass is 10.1. The van der Waals surface area contributed by atoms with Crippen LogP contribution < -0.4 is 15.4 Å². The van der Waals surface area contributed by atoms with Gasteiger partial charge in [-0.2, -0.15) is 0 Å². The molecule has 1 heterocycles. The van der Waals surface area contributed by atoms with Crippen molar-refractivity contribution in [1.82, 2.24) is 9.97 Å². The lowest BCUT2D eigenvalue weighted by molar-refractivity contribution is 0.102. The van der Waals surface area contributed by atoms with Crippen molar-refractivity contribution in [2.24, 2.45) is 0 Å². The Morgan fingerprint density at radius 1 is 1.04 bits per heavy atom. The molecule has 3 aromatic rings. The standard InChI is InChI=1S/C21H22N4O2/c1-4-15-8-10-16(11-9-15)23-20(26)19-12-14(2)22-21(25-19)24-17-6-5-7-18(13-17)27-3/h5-13H,4H2,1-3H3,(H,23,26)(H,22,24,25). The van der Waals surface area contributed by atoms with Crippen LogP contribution in [-0.4, -0.2) is 23.0 Å². The van der Waals surface area contributed by atoms with E-state index in [9.17, 15) is 4.79 Å². The van der Waals surface area contributed by atoms with Crippen LogP contribution in [0.4, 0.5) is 17.3 Å². The third-order valence-corrected chi connectivity index (χ3v) is 4.03. The Hall–Kier alpha value is -3.41. The molecular formula is C21H22N4O2. The summed E-state index contributed by atoms with van der Waals surface area (Å²) in [5, 5.41) is 5.98. The van der Waals surface area contributed by atoms with Crippen molar-refractivity contribution in [3.8, 4) is 5.75 Å². The number of aryl methyl sites for hydroxylation is 2. The first-order valence-electron chi connectivity index (χ1n) is 8.74. The van der Waals surface area contributed by atoms with Gasteiger partial charge in [0.15, 0.2) is 0 Å². The molecule has 3 rings (SSSR count). The molecule has 0 saturated carbocycles. The van der Waals surface area contributed by atoms with Gasteiger partial charge in [0.25, 0.3) is 5.91 Å². The zero-order chi connectivity index (χ0) is 19.2. The molecule has 6 nitrogen and oxygen atoms in total. The summed E-state index contributed by atoms with van der Waals surface area (Å²) in [7, 11) is 1.61. The van der Waals surface area contributed by atoms with E-state index in [2.05, 4.69) is 27.5 Å². The maximum atomic E-state index is 12.6. The average Bonchev–Trinajstić information content (AvgIpc) is 2.68. The van der Waals surface area contributed by atoms with Crippen molar-refractivity contribution in [2.45, 2.75) is 20.3 Å². The highest BCUT2D eigenvalue weighted by Gasteiger charge is 2.11. The van der Waals surface area contributed by atoms with Gasteiger partial charge in [0, 0.05) is 23.1 Å². The molecule has 0 fully saturated rings. The number of anilines is 3. The van der Waals surface area contributed by atoms with E-state index in [0.717, 1.165) is 23.5 Å². The first kappa shape index (κ1) is 18.4. The highest BCUT2D eigenvalue weighted by Crippen LogP contribution is 2.20. The Labute approximate surface area is 158 Å². The van der Waals surface area contributed by atoms with Gasteiger partial charge in [-0.1, -0.05) is 25.1 Å². The maximum Gasteiger partial charge on any atom is 0.274 e. The van der Waals surface area contributed by atoms with Gasteiger partial charge in [-0.05, 0) is 49.2 Å². The van der Waals surface area contributed by atoms with Crippen molar-refractivity contribution in [2.75, 3.05) is 17.7 Å². The van der Waals surface area contributed by atoms with E-state index in [-0.39, 0.29) is 5.91 Å². The highest BCUT2D eigenvalue weighted by molar-refractivity contribution is 6.03. The summed E-state index contributed by atoms with van der Waals surface area (Å²) in [6, 6.07) is 16.9. The molecule has 0 saturated heterocycles. The third kappa shape index (κ3) is 4.82. The summed E-state index contributed by atoms with van der Waals surface area (Å²) < 4.78 is 5.22. The second kappa shape index (κ2) is 8.31. The van der Waals surface area contributed by atoms with Crippen molar-refractivity contribution < 1.29 is 9.53 Å². The molecule has 138 valence electrons. The minimum Gasteiger partial charge on any atom is -0.497 e. The molecule has 0 aliphatic heterocycles. The molecular weight excluding hydrogens is 340 g/mol. The van der Waals surface area contributed by atoms with Crippen molar-refractivity contribution in [3.05, 3.63) is 71.5 Å². The summed E-state index contributed by atoms with van der Waals surface area (Å²) in [5.74, 6) is 0.800. The van der Waals surface area contributed by atoms with Gasteiger partial charge in [-0.3, -0.25) is 4.79 Å². The number of amides is 1. The van der Waals surface area contributed by atoms with E-state index in [0.29, 0.717) is 17.3 Å². The minimum absolute atomic E-state index is 0.279. The van der Waals surface area contributed by atoms with Gasteiger partial charge < -0.3 is 15.4 Å². The number of hydrogen-bond donors (Lipinski definition) is 2. The normalized spacial score (nSPS) is 10.3. The molecule has 0 bridgehead atoms. The predicted molar refractivity (Wildman–Crippen MR) is 107 cm³/mol. The Balaban J connectivity index is 1.78. The van der Waals surface area contributed by atoms with E-state index in [1.54, 1.807) is 13.2 Å². The monoisotopic (exact) mass is 362 g/mol. The van der Waals surface area contributed by atoms with Gasteiger partial charge in [0.1, 0.15) is 11.4 Å². The quantitative estimate of drug-likeness (QED) is 0.682. The third-order valence-electron chi connectivity index (χ3n) is 4.03. The second-order valence-electron chi connectivity index (χ2n) is 6.08. The van der Waals surface area contributed by atoms with E-state index < -0.39 is 0 Å². The molecule has 27 heavy (non-hydrogen) atoms. The number of aromatic nitrogens is 2. The maximum absolute atomic E-state index is 12.6. The van der Waals surface area contributed by atoms with Crippen LogP contribution in [0.15, 0.2) is 54.6 Å². The molecule has 2 aromatic carbocycles. The molecule has 6 heteroatoms. The Kier molecular flexibility index (Phi) is 5.66. The Bertz CT molecular complexity index is 939. The van der Waals surface area contributed by atoms with Crippen LogP contribution in [0, 0.1) is 6.92 Å². The molecule has 0 unspecified atom stereocenters. The smallest absolute Gasteiger partial charge is 0.274 e. The fourth-order valence-corrected chi connectivity index (χ4v) is 2.59. The number of rotatable bonds is 6. The number of benzene rings is 2. The molecule has 1 amide bonds. The Morgan fingerprint density at radius 3 is 2.52 bits per heavy atom. The first-order chi connectivity index (χ1) is 13.1. The van der Waals surface area contributed by atoms with Crippen molar-refractivity contribution in [3.63, 3.8) is 0 Å². The zero-order valence-corrected chi connectivity index (χ0v) is 15.6. The van der Waals surface area contributed by atoms with E-state index in [1.165, 1.54) is 5.56 Å². The summed E-state index contributed by atoms with van der Waals surface area (Å²) in [6.45, 7) is 3.92. The molecule has 0 spiro atoms. The summed E-state index contributed by atoms with van der Waals surface area (Å²) in [4.78, 5) is 21.3. The number of nitrogens with one attached hydrogen (secondary N) is 2. The molecule has 0 aliphatic carbocycles. The number of methoxy groups -OCH3 is 1. The van der Waals surface area contributed by atoms with Crippen LogP contribution in [0.3, 0.4) is 0 Å². The predicted octanol–water partition coefficient (Wildman–Crippen LogP) is 4.35. The molecule has 1 aromatic heterocycles. The second-order valence-corrected chi connectivity index (χ2v) is 6.08. The summed E-state index contributed by atoms with van der Waals surface area (Å²) in [6.07, 6.45) is 0.957. The zero-order valence-electron chi connectivity index (χ0n) is 15.6.